The van der Waals surface area contributed by atoms with Crippen LogP contribution in [0.15, 0.2) is 10.6 Å². The lowest BCUT2D eigenvalue weighted by Gasteiger charge is -2.03. The van der Waals surface area contributed by atoms with E-state index in [2.05, 4.69) is 10.5 Å². The Morgan fingerprint density at radius 2 is 2.44 bits per heavy atom. The molecule has 0 aliphatic carbocycles. The lowest BCUT2D eigenvalue weighted by Crippen LogP contribution is -2.25. The topological polar surface area (TPSA) is 84.6 Å². The second kappa shape index (κ2) is 6.97. The molecule has 1 amide bonds. The van der Waals surface area contributed by atoms with E-state index in [1.807, 2.05) is 0 Å². The van der Waals surface area contributed by atoms with Crippen molar-refractivity contribution in [3.05, 3.63) is 17.5 Å². The molecule has 0 saturated heterocycles. The average Bonchev–Trinajstić information content (AvgIpc) is 2.70. The Morgan fingerprint density at radius 3 is 3.06 bits per heavy atom. The molecule has 0 unspecified atom stereocenters. The highest BCUT2D eigenvalue weighted by Gasteiger charge is 2.09. The van der Waals surface area contributed by atoms with Crippen LogP contribution in [0.25, 0.3) is 0 Å². The standard InChI is InChI=1S/C10H16N2O4/c1-8-7-9(12-16-8)10(14)11-3-2-5-15-6-4-13/h7,13H,2-6H2,1H3,(H,11,14). The van der Waals surface area contributed by atoms with E-state index in [-0.39, 0.29) is 18.2 Å². The van der Waals surface area contributed by atoms with Crippen LogP contribution in [0.3, 0.4) is 0 Å². The molecular weight excluding hydrogens is 212 g/mol. The van der Waals surface area contributed by atoms with Crippen molar-refractivity contribution in [2.75, 3.05) is 26.4 Å². The Morgan fingerprint density at radius 1 is 1.62 bits per heavy atom. The summed E-state index contributed by atoms with van der Waals surface area (Å²) in [6.07, 6.45) is 0.697. The first-order valence-electron chi connectivity index (χ1n) is 5.14. The van der Waals surface area contributed by atoms with E-state index >= 15 is 0 Å². The molecule has 0 aliphatic rings. The number of hydrogen-bond acceptors (Lipinski definition) is 5. The summed E-state index contributed by atoms with van der Waals surface area (Å²) in [5.74, 6) is 0.357. The Bertz CT molecular complexity index is 324. The van der Waals surface area contributed by atoms with Crippen LogP contribution in [0.4, 0.5) is 0 Å². The van der Waals surface area contributed by atoms with Crippen molar-refractivity contribution in [1.82, 2.24) is 10.5 Å². The zero-order valence-corrected chi connectivity index (χ0v) is 9.23. The molecule has 1 rings (SSSR count). The summed E-state index contributed by atoms with van der Waals surface area (Å²) in [5.41, 5.74) is 0.286. The summed E-state index contributed by atoms with van der Waals surface area (Å²) in [5, 5.41) is 14.7. The van der Waals surface area contributed by atoms with Crippen LogP contribution in [0.5, 0.6) is 0 Å². The van der Waals surface area contributed by atoms with Gasteiger partial charge in [0, 0.05) is 19.2 Å². The van der Waals surface area contributed by atoms with Crippen LogP contribution in [0.1, 0.15) is 22.7 Å². The Labute approximate surface area is 93.6 Å². The van der Waals surface area contributed by atoms with Crippen LogP contribution in [-0.4, -0.2) is 42.5 Å². The van der Waals surface area contributed by atoms with Gasteiger partial charge in [-0.05, 0) is 13.3 Å². The van der Waals surface area contributed by atoms with Gasteiger partial charge in [-0.3, -0.25) is 4.79 Å². The monoisotopic (exact) mass is 228 g/mol. The van der Waals surface area contributed by atoms with Gasteiger partial charge in [0.15, 0.2) is 5.69 Å². The van der Waals surface area contributed by atoms with Crippen molar-refractivity contribution >= 4 is 5.91 Å². The fourth-order valence-electron chi connectivity index (χ4n) is 1.11. The minimum Gasteiger partial charge on any atom is -0.394 e. The third kappa shape index (κ3) is 4.41. The number of aliphatic hydroxyl groups is 1. The molecule has 6 heteroatoms. The van der Waals surface area contributed by atoms with Crippen molar-refractivity contribution in [3.63, 3.8) is 0 Å². The molecule has 90 valence electrons. The van der Waals surface area contributed by atoms with Crippen LogP contribution < -0.4 is 5.32 Å². The minimum atomic E-state index is -0.251. The molecule has 0 aliphatic heterocycles. The molecule has 1 aromatic heterocycles. The summed E-state index contributed by atoms with van der Waals surface area (Å²) in [6.45, 7) is 3.10. The van der Waals surface area contributed by atoms with E-state index in [1.54, 1.807) is 13.0 Å². The highest BCUT2D eigenvalue weighted by Crippen LogP contribution is 2.00. The van der Waals surface area contributed by atoms with Gasteiger partial charge in [0.05, 0.1) is 13.2 Å². The fraction of sp³-hybridized carbons (Fsp3) is 0.600. The maximum absolute atomic E-state index is 11.4. The molecule has 1 aromatic rings. The van der Waals surface area contributed by atoms with Gasteiger partial charge in [0.1, 0.15) is 5.76 Å². The molecule has 0 atom stereocenters. The van der Waals surface area contributed by atoms with Gasteiger partial charge in [0.2, 0.25) is 0 Å². The second-order valence-electron chi connectivity index (χ2n) is 3.27. The molecule has 2 N–H and O–H groups in total. The van der Waals surface area contributed by atoms with Crippen LogP contribution in [0.2, 0.25) is 0 Å². The van der Waals surface area contributed by atoms with Crippen molar-refractivity contribution in [1.29, 1.82) is 0 Å². The molecule has 0 fully saturated rings. The number of carbonyl (C=O) groups excluding carboxylic acids is 1. The third-order valence-corrected chi connectivity index (χ3v) is 1.85. The number of aromatic nitrogens is 1. The van der Waals surface area contributed by atoms with Gasteiger partial charge in [-0.15, -0.1) is 0 Å². The number of hydrogen-bond donors (Lipinski definition) is 2. The number of nitrogens with one attached hydrogen (secondary N) is 1. The molecule has 0 radical (unpaired) electrons. The quantitative estimate of drug-likeness (QED) is 0.647. The first kappa shape index (κ1) is 12.7. The van der Waals surface area contributed by atoms with Crippen LogP contribution >= 0.6 is 0 Å². The number of nitrogens with zero attached hydrogens (tertiary/aromatic N) is 1. The number of ether oxygens (including phenoxy) is 1. The van der Waals surface area contributed by atoms with Crippen LogP contribution in [0, 0.1) is 6.92 Å². The van der Waals surface area contributed by atoms with E-state index in [0.717, 1.165) is 0 Å². The van der Waals surface area contributed by atoms with Gasteiger partial charge >= 0.3 is 0 Å². The summed E-state index contributed by atoms with van der Waals surface area (Å²) in [4.78, 5) is 11.4. The molecule has 0 bridgehead atoms. The summed E-state index contributed by atoms with van der Waals surface area (Å²) in [6, 6.07) is 1.58. The molecular formula is C10H16N2O4. The van der Waals surface area contributed by atoms with Gasteiger partial charge in [0.25, 0.3) is 5.91 Å². The molecule has 0 spiro atoms. The van der Waals surface area contributed by atoms with Gasteiger partial charge in [-0.25, -0.2) is 0 Å². The van der Waals surface area contributed by atoms with Crippen molar-refractivity contribution in [2.45, 2.75) is 13.3 Å². The van der Waals surface area contributed by atoms with E-state index < -0.39 is 0 Å². The lowest BCUT2D eigenvalue weighted by molar-refractivity contribution is 0.0864. The maximum atomic E-state index is 11.4. The third-order valence-electron chi connectivity index (χ3n) is 1.85. The van der Waals surface area contributed by atoms with Gasteiger partial charge in [-0.2, -0.15) is 0 Å². The van der Waals surface area contributed by atoms with Crippen molar-refractivity contribution in [3.8, 4) is 0 Å². The summed E-state index contributed by atoms with van der Waals surface area (Å²) >= 11 is 0. The predicted molar refractivity (Wildman–Crippen MR) is 56.1 cm³/mol. The number of aliphatic hydroxyl groups excluding tert-OH is 1. The SMILES string of the molecule is Cc1cc(C(=O)NCCCOCCO)no1. The second-order valence-corrected chi connectivity index (χ2v) is 3.27. The summed E-state index contributed by atoms with van der Waals surface area (Å²) in [7, 11) is 0. The normalized spacial score (nSPS) is 10.4. The first-order chi connectivity index (χ1) is 7.74. The highest BCUT2D eigenvalue weighted by atomic mass is 16.5. The summed E-state index contributed by atoms with van der Waals surface area (Å²) < 4.78 is 9.82. The molecule has 16 heavy (non-hydrogen) atoms. The maximum Gasteiger partial charge on any atom is 0.273 e. The number of amides is 1. The van der Waals surface area contributed by atoms with E-state index in [9.17, 15) is 4.79 Å². The minimum absolute atomic E-state index is 0.0184. The van der Waals surface area contributed by atoms with Crippen LogP contribution in [-0.2, 0) is 4.74 Å². The zero-order chi connectivity index (χ0) is 11.8. The number of carbonyl (C=O) groups is 1. The Hall–Kier alpha value is -1.40. The van der Waals surface area contributed by atoms with E-state index in [4.69, 9.17) is 14.4 Å². The van der Waals surface area contributed by atoms with Crippen molar-refractivity contribution < 1.29 is 19.2 Å². The Balaban J connectivity index is 2.11. The zero-order valence-electron chi connectivity index (χ0n) is 9.23. The largest absolute Gasteiger partial charge is 0.394 e. The lowest BCUT2D eigenvalue weighted by atomic mass is 10.3. The van der Waals surface area contributed by atoms with Gasteiger partial charge < -0.3 is 19.7 Å². The highest BCUT2D eigenvalue weighted by molar-refractivity contribution is 5.92. The van der Waals surface area contributed by atoms with E-state index in [0.29, 0.717) is 31.9 Å². The smallest absolute Gasteiger partial charge is 0.273 e. The molecule has 1 heterocycles. The molecule has 0 saturated carbocycles. The van der Waals surface area contributed by atoms with Gasteiger partial charge in [-0.1, -0.05) is 5.16 Å². The van der Waals surface area contributed by atoms with Crippen molar-refractivity contribution in [2.24, 2.45) is 0 Å². The molecule has 6 nitrogen and oxygen atoms in total. The number of aryl methyl sites for hydroxylation is 1. The fourth-order valence-corrected chi connectivity index (χ4v) is 1.11. The molecule has 0 aromatic carbocycles. The predicted octanol–water partition coefficient (Wildman–Crippen LogP) is 0.112. The first-order valence-corrected chi connectivity index (χ1v) is 5.14. The number of rotatable bonds is 7. The van der Waals surface area contributed by atoms with E-state index in [1.165, 1.54) is 0 Å². The average molecular weight is 228 g/mol. The Kier molecular flexibility index (Phi) is 5.52.